The number of hydrogen-bond donors (Lipinski definition) is 1. The molecule has 0 atom stereocenters. The maximum absolute atomic E-state index is 13.5. The molecule has 1 aliphatic rings. The van der Waals surface area contributed by atoms with Crippen molar-refractivity contribution in [3.8, 4) is 0 Å². The minimum absolute atomic E-state index is 0.124. The van der Waals surface area contributed by atoms with Gasteiger partial charge in [-0.15, -0.1) is 0 Å². The normalized spacial score (nSPS) is 13.6. The summed E-state index contributed by atoms with van der Waals surface area (Å²) < 4.78 is 0. The van der Waals surface area contributed by atoms with E-state index in [1.54, 1.807) is 18.2 Å². The number of hydrogen-bond acceptors (Lipinski definition) is 3. The van der Waals surface area contributed by atoms with E-state index in [2.05, 4.69) is 59.0 Å². The minimum atomic E-state index is -0.435. The van der Waals surface area contributed by atoms with E-state index in [1.165, 1.54) is 17.5 Å². The predicted molar refractivity (Wildman–Crippen MR) is 120 cm³/mol. The zero-order valence-corrected chi connectivity index (χ0v) is 18.8. The van der Waals surface area contributed by atoms with Crippen LogP contribution in [0.1, 0.15) is 107 Å². The van der Waals surface area contributed by atoms with Gasteiger partial charge in [-0.2, -0.15) is 0 Å². The van der Waals surface area contributed by atoms with Crippen molar-refractivity contribution in [3.05, 3.63) is 63.7 Å². The van der Waals surface area contributed by atoms with Gasteiger partial charge in [-0.25, -0.2) is 4.90 Å². The number of rotatable bonds is 5. The Morgan fingerprint density at radius 3 is 1.90 bits per heavy atom. The molecule has 0 aromatic heterocycles. The van der Waals surface area contributed by atoms with Crippen LogP contribution in [0.15, 0.2) is 30.3 Å². The summed E-state index contributed by atoms with van der Waals surface area (Å²) in [4.78, 5) is 40.6. The van der Waals surface area contributed by atoms with Crippen molar-refractivity contribution in [2.75, 3.05) is 11.9 Å². The van der Waals surface area contributed by atoms with Crippen LogP contribution in [0.4, 0.5) is 5.69 Å². The van der Waals surface area contributed by atoms with Crippen molar-refractivity contribution in [1.82, 2.24) is 5.32 Å². The number of nitrogens with zero attached hydrogens (tertiary/aromatic N) is 1. The Labute approximate surface area is 178 Å². The SMILES string of the molecule is CNC(=O)c1cccc2c1C(=O)N(c1c(C(C)C)cc(C(C)C)cc1C(C)C)C2=O. The number of carbonyl (C=O) groups excluding carboxylic acids is 3. The molecule has 2 aromatic rings. The van der Waals surface area contributed by atoms with Gasteiger partial charge < -0.3 is 5.32 Å². The van der Waals surface area contributed by atoms with E-state index < -0.39 is 5.91 Å². The van der Waals surface area contributed by atoms with Crippen LogP contribution in [-0.2, 0) is 0 Å². The fourth-order valence-corrected chi connectivity index (χ4v) is 3.99. The molecule has 3 rings (SSSR count). The number of amides is 3. The fourth-order valence-electron chi connectivity index (χ4n) is 3.99. The molecule has 0 aliphatic carbocycles. The van der Waals surface area contributed by atoms with Gasteiger partial charge in [0.1, 0.15) is 0 Å². The van der Waals surface area contributed by atoms with Gasteiger partial charge in [-0.05, 0) is 46.6 Å². The van der Waals surface area contributed by atoms with Crippen LogP contribution in [-0.4, -0.2) is 24.8 Å². The van der Waals surface area contributed by atoms with Crippen molar-refractivity contribution < 1.29 is 14.4 Å². The number of anilines is 1. The summed E-state index contributed by atoms with van der Waals surface area (Å²) in [5.41, 5.74) is 4.48. The summed E-state index contributed by atoms with van der Waals surface area (Å²) in [5.74, 6) is -0.607. The van der Waals surface area contributed by atoms with E-state index in [0.29, 0.717) is 11.6 Å². The number of benzene rings is 2. The third-order valence-corrected chi connectivity index (χ3v) is 5.71. The van der Waals surface area contributed by atoms with Crippen molar-refractivity contribution >= 4 is 23.4 Å². The minimum Gasteiger partial charge on any atom is -0.355 e. The molecule has 158 valence electrons. The molecule has 1 aliphatic heterocycles. The largest absolute Gasteiger partial charge is 0.355 e. The zero-order valence-electron chi connectivity index (χ0n) is 18.8. The molecule has 0 unspecified atom stereocenters. The molecular formula is C25H30N2O3. The van der Waals surface area contributed by atoms with Crippen LogP contribution >= 0.6 is 0 Å². The van der Waals surface area contributed by atoms with Crippen LogP contribution in [0.3, 0.4) is 0 Å². The van der Waals surface area contributed by atoms with Crippen LogP contribution in [0.2, 0.25) is 0 Å². The average Bonchev–Trinajstić information content (AvgIpc) is 2.96. The van der Waals surface area contributed by atoms with Crippen LogP contribution in [0, 0.1) is 0 Å². The Hall–Kier alpha value is -2.95. The highest BCUT2D eigenvalue weighted by Crippen LogP contribution is 2.42. The Bertz CT molecular complexity index is 1010. The van der Waals surface area contributed by atoms with Crippen LogP contribution in [0.25, 0.3) is 0 Å². The van der Waals surface area contributed by atoms with Gasteiger partial charge in [0.15, 0.2) is 0 Å². The Morgan fingerprint density at radius 1 is 0.867 bits per heavy atom. The van der Waals surface area contributed by atoms with E-state index in [1.807, 2.05) is 0 Å². The molecule has 0 bridgehead atoms. The molecule has 0 spiro atoms. The first-order valence-corrected chi connectivity index (χ1v) is 10.5. The van der Waals surface area contributed by atoms with E-state index >= 15 is 0 Å². The third kappa shape index (κ3) is 3.42. The lowest BCUT2D eigenvalue weighted by molar-refractivity contribution is 0.0912. The standard InChI is InChI=1S/C25H30N2O3/c1-13(2)16-11-19(14(3)4)22(20(12-16)15(5)6)27-24(29)18-10-8-9-17(23(28)26-7)21(18)25(27)30/h8-15H,1-7H3,(H,26,28). The monoisotopic (exact) mass is 406 g/mol. The van der Waals surface area contributed by atoms with Gasteiger partial charge in [0.05, 0.1) is 22.4 Å². The van der Waals surface area contributed by atoms with Gasteiger partial charge >= 0.3 is 0 Å². The van der Waals surface area contributed by atoms with Gasteiger partial charge in [-0.3, -0.25) is 14.4 Å². The first-order chi connectivity index (χ1) is 14.1. The topological polar surface area (TPSA) is 66.5 Å². The molecule has 5 nitrogen and oxygen atoms in total. The van der Waals surface area contributed by atoms with E-state index in [9.17, 15) is 14.4 Å². The second-order valence-electron chi connectivity index (χ2n) is 8.77. The smallest absolute Gasteiger partial charge is 0.266 e. The third-order valence-electron chi connectivity index (χ3n) is 5.71. The molecule has 1 N–H and O–H groups in total. The Kier molecular flexibility index (Phi) is 5.84. The summed E-state index contributed by atoms with van der Waals surface area (Å²) in [5, 5.41) is 2.56. The predicted octanol–water partition coefficient (Wildman–Crippen LogP) is 5.22. The summed E-state index contributed by atoms with van der Waals surface area (Å²) in [7, 11) is 1.51. The highest BCUT2D eigenvalue weighted by Gasteiger charge is 2.41. The Morgan fingerprint density at radius 2 is 1.43 bits per heavy atom. The molecule has 0 saturated heterocycles. The highest BCUT2D eigenvalue weighted by molar-refractivity contribution is 6.36. The quantitative estimate of drug-likeness (QED) is 0.693. The van der Waals surface area contributed by atoms with E-state index in [0.717, 1.165) is 11.1 Å². The maximum atomic E-state index is 13.5. The number of nitrogens with one attached hydrogen (secondary N) is 1. The van der Waals surface area contributed by atoms with Crippen molar-refractivity contribution in [2.45, 2.75) is 59.3 Å². The molecule has 30 heavy (non-hydrogen) atoms. The second-order valence-corrected chi connectivity index (χ2v) is 8.77. The first-order valence-electron chi connectivity index (χ1n) is 10.5. The van der Waals surface area contributed by atoms with E-state index in [-0.39, 0.29) is 40.3 Å². The number of fused-ring (bicyclic) bond motifs is 1. The molecule has 1 heterocycles. The number of imide groups is 1. The molecule has 0 fully saturated rings. The van der Waals surface area contributed by atoms with Gasteiger partial charge in [0, 0.05) is 7.05 Å². The molecule has 3 amide bonds. The fraction of sp³-hybridized carbons (Fsp3) is 0.400. The Balaban J connectivity index is 2.29. The summed E-state index contributed by atoms with van der Waals surface area (Å²) in [6.07, 6.45) is 0. The van der Waals surface area contributed by atoms with Gasteiger partial charge in [0.25, 0.3) is 17.7 Å². The summed E-state index contributed by atoms with van der Waals surface area (Å²) in [6, 6.07) is 9.07. The lowest BCUT2D eigenvalue weighted by Crippen LogP contribution is -2.32. The average molecular weight is 407 g/mol. The van der Waals surface area contributed by atoms with Gasteiger partial charge in [-0.1, -0.05) is 59.7 Å². The highest BCUT2D eigenvalue weighted by atomic mass is 16.2. The summed E-state index contributed by atoms with van der Waals surface area (Å²) in [6.45, 7) is 12.6. The lowest BCUT2D eigenvalue weighted by atomic mass is 9.87. The molecule has 5 heteroatoms. The molecule has 0 saturated carbocycles. The van der Waals surface area contributed by atoms with Crippen molar-refractivity contribution in [2.24, 2.45) is 0 Å². The van der Waals surface area contributed by atoms with E-state index in [4.69, 9.17) is 0 Å². The molecular weight excluding hydrogens is 376 g/mol. The van der Waals surface area contributed by atoms with Crippen LogP contribution < -0.4 is 10.2 Å². The molecule has 0 radical (unpaired) electrons. The van der Waals surface area contributed by atoms with Crippen molar-refractivity contribution in [3.63, 3.8) is 0 Å². The number of carbonyl (C=O) groups is 3. The van der Waals surface area contributed by atoms with Crippen LogP contribution in [0.5, 0.6) is 0 Å². The lowest BCUT2D eigenvalue weighted by Gasteiger charge is -2.27. The summed E-state index contributed by atoms with van der Waals surface area (Å²) >= 11 is 0. The first kappa shape index (κ1) is 21.8. The van der Waals surface area contributed by atoms with Crippen molar-refractivity contribution in [1.29, 1.82) is 0 Å². The van der Waals surface area contributed by atoms with Gasteiger partial charge in [0.2, 0.25) is 0 Å². The second kappa shape index (κ2) is 8.05. The zero-order chi connectivity index (χ0) is 22.3. The maximum Gasteiger partial charge on any atom is 0.266 e. The molecule has 2 aromatic carbocycles.